The van der Waals surface area contributed by atoms with Gasteiger partial charge in [-0.3, -0.25) is 4.98 Å². The van der Waals surface area contributed by atoms with E-state index in [-0.39, 0.29) is 10.6 Å². The Hall–Kier alpha value is -2.67. The fourth-order valence-electron chi connectivity index (χ4n) is 2.60. The van der Waals surface area contributed by atoms with Crippen LogP contribution in [0.1, 0.15) is 20.8 Å². The first-order chi connectivity index (χ1) is 10.9. The topological polar surface area (TPSA) is 96.7 Å². The number of carboxylic acid groups (broad SMARTS) is 2. The highest BCUT2D eigenvalue weighted by Gasteiger charge is 2.22. The zero-order valence-electron chi connectivity index (χ0n) is 12.4. The van der Waals surface area contributed by atoms with Crippen molar-refractivity contribution in [2.45, 2.75) is 13.8 Å². The summed E-state index contributed by atoms with van der Waals surface area (Å²) >= 11 is 1.07. The van der Waals surface area contributed by atoms with Crippen LogP contribution >= 0.6 is 11.3 Å². The quantitative estimate of drug-likeness (QED) is 0.762. The molecular formula is C16H13NO5S. The van der Waals surface area contributed by atoms with Crippen molar-refractivity contribution in [3.8, 4) is 5.75 Å². The van der Waals surface area contributed by atoms with Crippen molar-refractivity contribution in [1.29, 1.82) is 0 Å². The summed E-state index contributed by atoms with van der Waals surface area (Å²) in [5.41, 5.74) is 2.84. The molecule has 118 valence electrons. The normalized spacial score (nSPS) is 11.0. The van der Waals surface area contributed by atoms with E-state index in [1.807, 2.05) is 26.0 Å². The standard InChI is InChI=1S/C16H13NO5S/c1-7-3-8(2)12-9(4-7)14-10(5-17-12)13(22-6-11(18)19)15(23-14)16(20)21/h3-5H,6H2,1-2H3,(H,18,19)(H,20,21). The Morgan fingerprint density at radius 2 is 1.96 bits per heavy atom. The maximum Gasteiger partial charge on any atom is 0.349 e. The van der Waals surface area contributed by atoms with Gasteiger partial charge >= 0.3 is 11.9 Å². The molecule has 2 N–H and O–H groups in total. The van der Waals surface area contributed by atoms with Crippen LogP contribution in [0.3, 0.4) is 0 Å². The average molecular weight is 331 g/mol. The van der Waals surface area contributed by atoms with Crippen molar-refractivity contribution < 1.29 is 24.5 Å². The Labute approximate surface area is 135 Å². The molecule has 3 aromatic rings. The van der Waals surface area contributed by atoms with Gasteiger partial charge in [0.2, 0.25) is 0 Å². The number of ether oxygens (including phenoxy) is 1. The second-order valence-electron chi connectivity index (χ2n) is 5.23. The maximum absolute atomic E-state index is 11.5. The Balaban J connectivity index is 2.34. The molecule has 0 spiro atoms. The monoisotopic (exact) mass is 331 g/mol. The number of rotatable bonds is 4. The lowest BCUT2D eigenvalue weighted by atomic mass is 10.1. The fourth-order valence-corrected chi connectivity index (χ4v) is 3.67. The summed E-state index contributed by atoms with van der Waals surface area (Å²) < 4.78 is 5.95. The van der Waals surface area contributed by atoms with Crippen molar-refractivity contribution in [2.75, 3.05) is 6.61 Å². The minimum atomic E-state index is -1.17. The molecule has 3 rings (SSSR count). The third-order valence-electron chi connectivity index (χ3n) is 3.45. The lowest BCUT2D eigenvalue weighted by Crippen LogP contribution is -2.10. The van der Waals surface area contributed by atoms with Crippen molar-refractivity contribution in [3.05, 3.63) is 34.3 Å². The van der Waals surface area contributed by atoms with E-state index in [1.54, 1.807) is 6.20 Å². The largest absolute Gasteiger partial charge is 0.479 e. The fraction of sp³-hybridized carbons (Fsp3) is 0.188. The molecule has 0 aliphatic carbocycles. The third-order valence-corrected chi connectivity index (χ3v) is 4.65. The zero-order chi connectivity index (χ0) is 16.7. The van der Waals surface area contributed by atoms with Crippen molar-refractivity contribution in [2.24, 2.45) is 0 Å². The molecule has 0 unspecified atom stereocenters. The molecule has 0 atom stereocenters. The van der Waals surface area contributed by atoms with Gasteiger partial charge in [-0.1, -0.05) is 11.6 Å². The van der Waals surface area contributed by atoms with Crippen LogP contribution in [-0.4, -0.2) is 33.7 Å². The highest BCUT2D eigenvalue weighted by Crippen LogP contribution is 2.41. The van der Waals surface area contributed by atoms with E-state index >= 15 is 0 Å². The van der Waals surface area contributed by atoms with E-state index in [0.29, 0.717) is 5.39 Å². The molecule has 2 aromatic heterocycles. The molecule has 0 aliphatic rings. The van der Waals surface area contributed by atoms with E-state index in [2.05, 4.69) is 4.98 Å². The summed E-state index contributed by atoms with van der Waals surface area (Å²) in [5, 5.41) is 19.5. The molecule has 7 heteroatoms. The van der Waals surface area contributed by atoms with Gasteiger partial charge in [0.05, 0.1) is 10.9 Å². The van der Waals surface area contributed by atoms with Crippen LogP contribution in [0.4, 0.5) is 0 Å². The van der Waals surface area contributed by atoms with Crippen LogP contribution in [0.5, 0.6) is 5.75 Å². The van der Waals surface area contributed by atoms with Gasteiger partial charge in [-0.2, -0.15) is 0 Å². The molecule has 0 saturated heterocycles. The number of aliphatic carboxylic acids is 1. The Morgan fingerprint density at radius 3 is 2.61 bits per heavy atom. The number of aromatic nitrogens is 1. The number of thiophene rings is 1. The smallest absolute Gasteiger partial charge is 0.349 e. The first kappa shape index (κ1) is 15.2. The molecular weight excluding hydrogens is 318 g/mol. The van der Waals surface area contributed by atoms with Crippen molar-refractivity contribution in [1.82, 2.24) is 4.98 Å². The van der Waals surface area contributed by atoms with E-state index in [1.165, 1.54) is 0 Å². The Bertz CT molecular complexity index is 960. The Morgan fingerprint density at radius 1 is 1.22 bits per heavy atom. The number of benzene rings is 1. The van der Waals surface area contributed by atoms with Crippen LogP contribution < -0.4 is 4.74 Å². The van der Waals surface area contributed by atoms with Crippen LogP contribution in [0.15, 0.2) is 18.3 Å². The van der Waals surface area contributed by atoms with Crippen LogP contribution in [0.2, 0.25) is 0 Å². The average Bonchev–Trinajstić information content (AvgIpc) is 2.84. The molecule has 1 aromatic carbocycles. The number of hydrogen-bond acceptors (Lipinski definition) is 5. The molecule has 23 heavy (non-hydrogen) atoms. The molecule has 0 saturated carbocycles. The number of aromatic carboxylic acids is 1. The lowest BCUT2D eigenvalue weighted by Gasteiger charge is -2.06. The van der Waals surface area contributed by atoms with Gasteiger partial charge in [0, 0.05) is 16.3 Å². The van der Waals surface area contributed by atoms with Gasteiger partial charge in [0.1, 0.15) is 0 Å². The molecule has 6 nitrogen and oxygen atoms in total. The molecule has 0 amide bonds. The number of aryl methyl sites for hydroxylation is 2. The summed E-state index contributed by atoms with van der Waals surface area (Å²) in [6, 6.07) is 3.95. The predicted molar refractivity (Wildman–Crippen MR) is 86.7 cm³/mol. The molecule has 0 bridgehead atoms. The highest BCUT2D eigenvalue weighted by molar-refractivity contribution is 7.22. The summed E-state index contributed by atoms with van der Waals surface area (Å²) in [6.45, 7) is 3.30. The van der Waals surface area contributed by atoms with Gasteiger partial charge in [0.15, 0.2) is 17.2 Å². The number of carbonyl (C=O) groups is 2. The zero-order valence-corrected chi connectivity index (χ0v) is 13.2. The number of nitrogens with zero attached hydrogens (tertiary/aromatic N) is 1. The lowest BCUT2D eigenvalue weighted by molar-refractivity contribution is -0.139. The van der Waals surface area contributed by atoms with Crippen LogP contribution in [-0.2, 0) is 4.79 Å². The van der Waals surface area contributed by atoms with Crippen molar-refractivity contribution in [3.63, 3.8) is 0 Å². The number of pyridine rings is 1. The molecule has 0 fully saturated rings. The summed E-state index contributed by atoms with van der Waals surface area (Å²) in [6.07, 6.45) is 1.54. The van der Waals surface area contributed by atoms with Gasteiger partial charge in [0.25, 0.3) is 0 Å². The van der Waals surface area contributed by atoms with Gasteiger partial charge in [-0.25, -0.2) is 9.59 Å². The van der Waals surface area contributed by atoms with Crippen LogP contribution in [0.25, 0.3) is 21.0 Å². The SMILES string of the molecule is Cc1cc(C)c2ncc3c(OCC(=O)O)c(C(=O)O)sc3c2c1. The van der Waals surface area contributed by atoms with Crippen LogP contribution in [0, 0.1) is 13.8 Å². The Kier molecular flexibility index (Phi) is 3.65. The van der Waals surface area contributed by atoms with E-state index in [4.69, 9.17) is 9.84 Å². The predicted octanol–water partition coefficient (Wildman–Crippen LogP) is 3.23. The second-order valence-corrected chi connectivity index (χ2v) is 6.25. The van der Waals surface area contributed by atoms with Gasteiger partial charge < -0.3 is 14.9 Å². The second kappa shape index (κ2) is 5.51. The number of fused-ring (bicyclic) bond motifs is 3. The maximum atomic E-state index is 11.5. The van der Waals surface area contributed by atoms with Crippen molar-refractivity contribution >= 4 is 44.3 Å². The first-order valence-corrected chi connectivity index (χ1v) is 7.60. The third kappa shape index (κ3) is 2.59. The van der Waals surface area contributed by atoms with Gasteiger partial charge in [-0.05, 0) is 25.5 Å². The molecule has 2 heterocycles. The first-order valence-electron chi connectivity index (χ1n) is 6.79. The summed E-state index contributed by atoms with van der Waals surface area (Å²) in [7, 11) is 0. The highest BCUT2D eigenvalue weighted by atomic mass is 32.1. The number of carboxylic acids is 2. The number of hydrogen-bond donors (Lipinski definition) is 2. The summed E-state index contributed by atoms with van der Waals surface area (Å²) in [5.74, 6) is -2.25. The minimum Gasteiger partial charge on any atom is -0.479 e. The van der Waals surface area contributed by atoms with E-state index in [0.717, 1.165) is 38.1 Å². The van der Waals surface area contributed by atoms with E-state index < -0.39 is 18.5 Å². The van der Waals surface area contributed by atoms with E-state index in [9.17, 15) is 14.7 Å². The summed E-state index contributed by atoms with van der Waals surface area (Å²) in [4.78, 5) is 26.6. The minimum absolute atomic E-state index is 0.0188. The van der Waals surface area contributed by atoms with Gasteiger partial charge in [-0.15, -0.1) is 11.3 Å². The molecule has 0 aliphatic heterocycles. The molecule has 0 radical (unpaired) electrons.